The summed E-state index contributed by atoms with van der Waals surface area (Å²) in [6.07, 6.45) is -14.5. The van der Waals surface area contributed by atoms with Crippen LogP contribution in [0.3, 0.4) is 0 Å². The fourth-order valence-electron chi connectivity index (χ4n) is 1.19. The van der Waals surface area contributed by atoms with Gasteiger partial charge in [0.25, 0.3) is 0 Å². The van der Waals surface area contributed by atoms with Crippen LogP contribution in [0.1, 0.15) is 6.92 Å². The average Bonchev–Trinajstić information content (AvgIpc) is 3.08. The molecule has 0 aliphatic rings. The number of halogens is 18. The molecule has 0 aliphatic carbocycles. The molecule has 0 atom stereocenters. The van der Waals surface area contributed by atoms with Gasteiger partial charge in [-0.05, 0) is 13.6 Å². The van der Waals surface area contributed by atoms with E-state index in [0.29, 0.717) is 18.2 Å². The number of esters is 3. The maximum absolute atomic E-state index is 12.3. The van der Waals surface area contributed by atoms with Crippen LogP contribution in [0.25, 0.3) is 0 Å². The van der Waals surface area contributed by atoms with Gasteiger partial charge in [0.2, 0.25) is 0 Å². The van der Waals surface area contributed by atoms with Gasteiger partial charge in [0.1, 0.15) is 0 Å². The van der Waals surface area contributed by atoms with Gasteiger partial charge in [0, 0.05) is 18.2 Å². The summed E-state index contributed by atoms with van der Waals surface area (Å²) in [4.78, 5) is 36.0. The van der Waals surface area contributed by atoms with Crippen molar-refractivity contribution in [2.24, 2.45) is 5.41 Å². The molecule has 0 fully saturated rings. The van der Waals surface area contributed by atoms with Crippen molar-refractivity contribution in [2.45, 2.75) is 43.0 Å². The van der Waals surface area contributed by atoms with E-state index in [0.717, 1.165) is 0 Å². The van der Waals surface area contributed by atoms with E-state index in [9.17, 15) is 93.8 Å². The van der Waals surface area contributed by atoms with Crippen molar-refractivity contribution in [3.8, 4) is 0 Å². The molecule has 0 amide bonds. The highest BCUT2D eigenvalue weighted by molar-refractivity contribution is 5.81. The molecule has 0 saturated carbocycles. The molecule has 0 aromatic heterocycles. The van der Waals surface area contributed by atoms with Crippen LogP contribution < -0.4 is 0 Å². The second-order valence-electron chi connectivity index (χ2n) is 8.54. The van der Waals surface area contributed by atoms with Crippen LogP contribution >= 0.6 is 0 Å². The second kappa shape index (κ2) is 22.9. The van der Waals surface area contributed by atoms with Crippen LogP contribution in [0.4, 0.5) is 79.4 Å². The van der Waals surface area contributed by atoms with E-state index in [1.807, 2.05) is 0 Å². The van der Waals surface area contributed by atoms with Crippen LogP contribution in [0.15, 0.2) is 38.0 Å². The standard InChI is InChI=1S/3C6H5F5O3.C5H9F3/c3*1-2-4(12)13-3-5(7,8)6(9,10)14-11;1-5(2-6,3-7)4-8/h3*2H,1,3H2;2-4H2,1H3. The first-order valence-electron chi connectivity index (χ1n) is 11.7. The van der Waals surface area contributed by atoms with Crippen LogP contribution in [0, 0.1) is 5.41 Å². The molecule has 0 N–H and O–H groups in total. The van der Waals surface area contributed by atoms with Gasteiger partial charge in [-0.25, -0.2) is 14.4 Å². The van der Waals surface area contributed by atoms with Crippen LogP contribution in [0.5, 0.6) is 0 Å². The molecule has 0 heterocycles. The van der Waals surface area contributed by atoms with Gasteiger partial charge in [-0.1, -0.05) is 26.7 Å². The SMILES string of the molecule is C=CC(=O)OCC(F)(F)C(F)(F)OF.C=CC(=O)OCC(F)(F)C(F)(F)OF.C=CC(=O)OCC(F)(F)C(F)(F)OF.CC(CF)(CF)CF. The molecule has 296 valence electrons. The maximum Gasteiger partial charge on any atom is 0.452 e. The molecule has 0 aliphatic heterocycles. The number of alkyl halides is 15. The Morgan fingerprint density at radius 3 is 0.760 bits per heavy atom. The quantitative estimate of drug-likeness (QED) is 0.0607. The van der Waals surface area contributed by atoms with E-state index >= 15 is 0 Å². The van der Waals surface area contributed by atoms with Gasteiger partial charge in [0.15, 0.2) is 19.8 Å². The summed E-state index contributed by atoms with van der Waals surface area (Å²) >= 11 is 0. The molecule has 27 heteroatoms. The van der Waals surface area contributed by atoms with Gasteiger partial charge >= 0.3 is 54.0 Å². The Labute approximate surface area is 268 Å². The fourth-order valence-corrected chi connectivity index (χ4v) is 1.19. The Bertz CT molecular complexity index is 931. The van der Waals surface area contributed by atoms with Gasteiger partial charge in [-0.15, -0.1) is 14.8 Å². The first kappa shape index (κ1) is 53.1. The second-order valence-corrected chi connectivity index (χ2v) is 8.54. The predicted octanol–water partition coefficient (Wildman–Crippen LogP) is 7.44. The zero-order valence-corrected chi connectivity index (χ0v) is 24.6. The highest BCUT2D eigenvalue weighted by Crippen LogP contribution is 2.37. The van der Waals surface area contributed by atoms with Crippen LogP contribution in [-0.4, -0.2) is 93.8 Å². The van der Waals surface area contributed by atoms with E-state index in [4.69, 9.17) is 0 Å². The van der Waals surface area contributed by atoms with E-state index in [1.54, 1.807) is 14.8 Å². The summed E-state index contributed by atoms with van der Waals surface area (Å²) in [6.45, 7) is 0.916. The minimum Gasteiger partial charge on any atom is -0.456 e. The lowest BCUT2D eigenvalue weighted by Crippen LogP contribution is -2.45. The Hall–Kier alpha value is -3.75. The van der Waals surface area contributed by atoms with Crippen LogP contribution in [-0.2, 0) is 43.4 Å². The number of hydrogen-bond donors (Lipinski definition) is 0. The summed E-state index contributed by atoms with van der Waals surface area (Å²) in [6, 6.07) is 0. The van der Waals surface area contributed by atoms with E-state index in [1.165, 1.54) is 6.92 Å². The number of ether oxygens (including phenoxy) is 3. The van der Waals surface area contributed by atoms with Crippen molar-refractivity contribution in [1.29, 1.82) is 0 Å². The summed E-state index contributed by atoms with van der Waals surface area (Å²) in [5.41, 5.74) is -1.38. The first-order valence-corrected chi connectivity index (χ1v) is 11.7. The van der Waals surface area contributed by atoms with Crippen molar-refractivity contribution in [3.63, 3.8) is 0 Å². The molecular weight excluding hydrogens is 762 g/mol. The first-order chi connectivity index (χ1) is 22.5. The van der Waals surface area contributed by atoms with Crippen molar-refractivity contribution in [2.75, 3.05) is 39.8 Å². The smallest absolute Gasteiger partial charge is 0.452 e. The fraction of sp³-hybridized carbons (Fsp3) is 0.609. The predicted molar refractivity (Wildman–Crippen MR) is 126 cm³/mol. The third-order valence-corrected chi connectivity index (χ3v) is 4.22. The number of hydrogen-bond acceptors (Lipinski definition) is 9. The largest absolute Gasteiger partial charge is 0.456 e. The van der Waals surface area contributed by atoms with Crippen molar-refractivity contribution < 1.29 is 123 Å². The lowest BCUT2D eigenvalue weighted by atomic mass is 9.97. The van der Waals surface area contributed by atoms with Gasteiger partial charge in [0.05, 0.1) is 25.4 Å². The van der Waals surface area contributed by atoms with Crippen molar-refractivity contribution in [1.82, 2.24) is 0 Å². The highest BCUT2D eigenvalue weighted by atomic mass is 19.4. The molecule has 0 unspecified atom stereocenters. The summed E-state index contributed by atoms with van der Waals surface area (Å²) in [5.74, 6) is -18.8. The molecule has 0 aromatic rings. The van der Waals surface area contributed by atoms with Crippen molar-refractivity contribution in [3.05, 3.63) is 38.0 Å². The summed E-state index contributed by atoms with van der Waals surface area (Å²) in [5, 5.41) is 0. The highest BCUT2D eigenvalue weighted by Gasteiger charge is 2.62. The molecule has 0 spiro atoms. The topological polar surface area (TPSA) is 107 Å². The normalized spacial score (nSPS) is 12.3. The van der Waals surface area contributed by atoms with Gasteiger partial charge < -0.3 is 14.2 Å². The molecule has 0 bridgehead atoms. The molecule has 0 radical (unpaired) electrons. The Morgan fingerprint density at radius 2 is 0.660 bits per heavy atom. The Morgan fingerprint density at radius 1 is 0.480 bits per heavy atom. The van der Waals surface area contributed by atoms with E-state index in [-0.39, 0.29) is 0 Å². The number of carbonyl (C=O) groups is 3. The summed E-state index contributed by atoms with van der Waals surface area (Å²) in [7, 11) is 0. The van der Waals surface area contributed by atoms with Gasteiger partial charge in [-0.3, -0.25) is 13.2 Å². The Balaban J connectivity index is -0.000000287. The Kier molecular flexibility index (Phi) is 24.3. The molecule has 0 aromatic carbocycles. The number of rotatable bonds is 18. The maximum atomic E-state index is 12.3. The van der Waals surface area contributed by atoms with Crippen molar-refractivity contribution >= 4 is 17.9 Å². The average molecular weight is 786 g/mol. The van der Waals surface area contributed by atoms with Gasteiger partial charge in [-0.2, -0.15) is 52.7 Å². The zero-order valence-electron chi connectivity index (χ0n) is 24.6. The molecule has 9 nitrogen and oxygen atoms in total. The molecule has 0 saturated heterocycles. The molecule has 50 heavy (non-hydrogen) atoms. The minimum atomic E-state index is -5.34. The van der Waals surface area contributed by atoms with E-state index < -0.39 is 99.3 Å². The minimum absolute atomic E-state index is 0.491. The van der Waals surface area contributed by atoms with Crippen LogP contribution in [0.2, 0.25) is 0 Å². The monoisotopic (exact) mass is 786 g/mol. The van der Waals surface area contributed by atoms with E-state index in [2.05, 4.69) is 33.9 Å². The number of carbonyl (C=O) groups excluding carboxylic acids is 3. The third-order valence-electron chi connectivity index (χ3n) is 4.22. The summed E-state index contributed by atoms with van der Waals surface area (Å²) < 4.78 is 224. The zero-order chi connectivity index (χ0) is 40.8. The molecule has 0 rings (SSSR count). The third kappa shape index (κ3) is 19.4. The lowest BCUT2D eigenvalue weighted by Gasteiger charge is -2.21. The lowest BCUT2D eigenvalue weighted by molar-refractivity contribution is -0.427. The molecular formula is C23H24F18O9.